The third-order valence-electron chi connectivity index (χ3n) is 8.25. The Bertz CT molecular complexity index is 726. The molecule has 150 valence electrons. The van der Waals surface area contributed by atoms with Gasteiger partial charge in [0.25, 0.3) is 0 Å². The third-order valence-corrected chi connectivity index (χ3v) is 8.25. The third kappa shape index (κ3) is 2.47. The van der Waals surface area contributed by atoms with Crippen molar-refractivity contribution in [2.45, 2.75) is 57.7 Å². The number of carbonyl (C=O) groups is 2. The number of hydrogen-bond acceptors (Lipinski definition) is 5. The molecule has 6 nitrogen and oxygen atoms in total. The molecule has 4 rings (SSSR count). The van der Waals surface area contributed by atoms with E-state index in [1.165, 1.54) is 0 Å². The predicted octanol–water partition coefficient (Wildman–Crippen LogP) is 0.733. The SMILES string of the molecule is C[C@]12C=CC(=O)C=C1CC[C@@H]1[C@@H]2[C@@H](O)C[C@@]2(C)[C@H]1CC[C@]2(O)C(=O)CO.O. The lowest BCUT2D eigenvalue weighted by atomic mass is 9.46. The molecule has 5 N–H and O–H groups in total. The van der Waals surface area contributed by atoms with Gasteiger partial charge in [0, 0.05) is 16.7 Å². The van der Waals surface area contributed by atoms with Crippen LogP contribution in [0.25, 0.3) is 0 Å². The lowest BCUT2D eigenvalue weighted by molar-refractivity contribution is -0.178. The Kier molecular flexibility index (Phi) is 4.79. The van der Waals surface area contributed by atoms with Gasteiger partial charge in [-0.2, -0.15) is 0 Å². The van der Waals surface area contributed by atoms with Crippen LogP contribution in [0.5, 0.6) is 0 Å². The molecule has 0 radical (unpaired) electrons. The van der Waals surface area contributed by atoms with E-state index in [9.17, 15) is 24.9 Å². The van der Waals surface area contributed by atoms with Gasteiger partial charge >= 0.3 is 0 Å². The van der Waals surface area contributed by atoms with Crippen molar-refractivity contribution in [3.63, 3.8) is 0 Å². The van der Waals surface area contributed by atoms with Crippen LogP contribution in [-0.4, -0.2) is 50.7 Å². The second kappa shape index (κ2) is 6.34. The Hall–Kier alpha value is -1.34. The molecule has 4 aliphatic rings. The summed E-state index contributed by atoms with van der Waals surface area (Å²) < 4.78 is 0. The zero-order valence-electron chi connectivity index (χ0n) is 15.9. The van der Waals surface area contributed by atoms with E-state index in [4.69, 9.17) is 0 Å². The second-order valence-electron chi connectivity index (χ2n) is 9.19. The van der Waals surface area contributed by atoms with Gasteiger partial charge in [0.15, 0.2) is 11.6 Å². The minimum absolute atomic E-state index is 0. The van der Waals surface area contributed by atoms with Gasteiger partial charge in [0.1, 0.15) is 12.2 Å². The zero-order valence-corrected chi connectivity index (χ0v) is 15.9. The number of Topliss-reactive ketones (excluding diaryl/α,β-unsaturated/α-hetero) is 1. The quantitative estimate of drug-likeness (QED) is 0.653. The van der Waals surface area contributed by atoms with Gasteiger partial charge in [-0.3, -0.25) is 9.59 Å². The Morgan fingerprint density at radius 2 is 2.00 bits per heavy atom. The Morgan fingerprint density at radius 1 is 1.30 bits per heavy atom. The van der Waals surface area contributed by atoms with Crippen molar-refractivity contribution < 1.29 is 30.4 Å². The highest BCUT2D eigenvalue weighted by molar-refractivity contribution is 6.01. The Balaban J connectivity index is 0.00000210. The topological polar surface area (TPSA) is 126 Å². The highest BCUT2D eigenvalue weighted by Crippen LogP contribution is 2.67. The fraction of sp³-hybridized carbons (Fsp3) is 0.714. The molecule has 0 unspecified atom stereocenters. The molecule has 6 heteroatoms. The van der Waals surface area contributed by atoms with E-state index >= 15 is 0 Å². The summed E-state index contributed by atoms with van der Waals surface area (Å²) in [5.74, 6) is -0.227. The first kappa shape index (κ1) is 20.4. The van der Waals surface area contributed by atoms with Crippen LogP contribution < -0.4 is 0 Å². The van der Waals surface area contributed by atoms with Crippen molar-refractivity contribution in [3.8, 4) is 0 Å². The van der Waals surface area contributed by atoms with E-state index in [0.717, 1.165) is 24.8 Å². The summed E-state index contributed by atoms with van der Waals surface area (Å²) in [6.07, 6.45) is 7.68. The van der Waals surface area contributed by atoms with Crippen LogP contribution in [-0.2, 0) is 9.59 Å². The minimum atomic E-state index is -1.56. The van der Waals surface area contributed by atoms with E-state index in [2.05, 4.69) is 6.92 Å². The van der Waals surface area contributed by atoms with Crippen LogP contribution >= 0.6 is 0 Å². The van der Waals surface area contributed by atoms with Crippen LogP contribution in [0.4, 0.5) is 0 Å². The van der Waals surface area contributed by atoms with Crippen LogP contribution in [0.3, 0.4) is 0 Å². The molecule has 0 heterocycles. The number of aliphatic hydroxyl groups excluding tert-OH is 2. The predicted molar refractivity (Wildman–Crippen MR) is 98.7 cm³/mol. The lowest BCUT2D eigenvalue weighted by Crippen LogP contribution is -2.61. The van der Waals surface area contributed by atoms with Gasteiger partial charge in [-0.25, -0.2) is 0 Å². The van der Waals surface area contributed by atoms with E-state index in [0.29, 0.717) is 12.8 Å². The molecule has 3 saturated carbocycles. The van der Waals surface area contributed by atoms with Crippen molar-refractivity contribution in [1.29, 1.82) is 0 Å². The number of aliphatic hydroxyl groups is 3. The monoisotopic (exact) mass is 378 g/mol. The van der Waals surface area contributed by atoms with Crippen LogP contribution in [0.1, 0.15) is 46.0 Å². The Labute approximate surface area is 159 Å². The molecule has 0 aliphatic heterocycles. The first-order valence-electron chi connectivity index (χ1n) is 9.66. The highest BCUT2D eigenvalue weighted by Gasteiger charge is 2.67. The molecule has 0 amide bonds. The maximum atomic E-state index is 12.4. The van der Waals surface area contributed by atoms with Crippen molar-refractivity contribution in [2.24, 2.45) is 28.6 Å². The molecular formula is C21H30O6. The second-order valence-corrected chi connectivity index (χ2v) is 9.19. The summed E-state index contributed by atoms with van der Waals surface area (Å²) in [4.78, 5) is 24.2. The molecular weight excluding hydrogens is 348 g/mol. The number of allylic oxidation sites excluding steroid dienone is 4. The molecule has 0 aromatic rings. The van der Waals surface area contributed by atoms with Gasteiger partial charge < -0.3 is 20.8 Å². The number of rotatable bonds is 2. The van der Waals surface area contributed by atoms with E-state index < -0.39 is 29.5 Å². The molecule has 7 atom stereocenters. The molecule has 4 aliphatic carbocycles. The average molecular weight is 378 g/mol. The molecule has 0 spiro atoms. The van der Waals surface area contributed by atoms with Gasteiger partial charge in [-0.1, -0.05) is 25.5 Å². The molecule has 3 fully saturated rings. The van der Waals surface area contributed by atoms with Crippen LogP contribution in [0, 0.1) is 28.6 Å². The van der Waals surface area contributed by atoms with Crippen LogP contribution in [0.15, 0.2) is 23.8 Å². The fourth-order valence-corrected chi connectivity index (χ4v) is 6.92. The van der Waals surface area contributed by atoms with Crippen molar-refractivity contribution in [2.75, 3.05) is 6.61 Å². The number of ketones is 2. The van der Waals surface area contributed by atoms with E-state index in [1.54, 1.807) is 12.2 Å². The van der Waals surface area contributed by atoms with Crippen molar-refractivity contribution in [3.05, 3.63) is 23.8 Å². The minimum Gasteiger partial charge on any atom is -0.412 e. The number of hydrogen-bond donors (Lipinski definition) is 3. The molecule has 27 heavy (non-hydrogen) atoms. The normalized spacial score (nSPS) is 48.0. The smallest absolute Gasteiger partial charge is 0.190 e. The maximum absolute atomic E-state index is 12.4. The lowest BCUT2D eigenvalue weighted by Gasteiger charge is -2.59. The molecule has 0 saturated heterocycles. The summed E-state index contributed by atoms with van der Waals surface area (Å²) in [5, 5.41) is 31.7. The zero-order chi connectivity index (χ0) is 18.9. The van der Waals surface area contributed by atoms with E-state index in [1.807, 2.05) is 13.0 Å². The first-order chi connectivity index (χ1) is 12.2. The summed E-state index contributed by atoms with van der Waals surface area (Å²) in [6, 6.07) is 0. The summed E-state index contributed by atoms with van der Waals surface area (Å²) >= 11 is 0. The fourth-order valence-electron chi connectivity index (χ4n) is 6.92. The highest BCUT2D eigenvalue weighted by atomic mass is 16.3. The number of carbonyl (C=O) groups excluding carboxylic acids is 2. The maximum Gasteiger partial charge on any atom is 0.190 e. The van der Waals surface area contributed by atoms with Gasteiger partial charge in [-0.15, -0.1) is 0 Å². The molecule has 0 aromatic heterocycles. The molecule has 0 aromatic carbocycles. The van der Waals surface area contributed by atoms with Gasteiger partial charge in [0.2, 0.25) is 0 Å². The summed E-state index contributed by atoms with van der Waals surface area (Å²) in [5.41, 5.74) is -1.54. The summed E-state index contributed by atoms with van der Waals surface area (Å²) in [7, 11) is 0. The van der Waals surface area contributed by atoms with Crippen LogP contribution in [0.2, 0.25) is 0 Å². The van der Waals surface area contributed by atoms with Crippen molar-refractivity contribution in [1.82, 2.24) is 0 Å². The van der Waals surface area contributed by atoms with Gasteiger partial charge in [-0.05, 0) is 56.1 Å². The molecule has 0 bridgehead atoms. The average Bonchev–Trinajstić information content (AvgIpc) is 2.86. The first-order valence-corrected chi connectivity index (χ1v) is 9.66. The largest absolute Gasteiger partial charge is 0.412 e. The number of fused-ring (bicyclic) bond motifs is 5. The van der Waals surface area contributed by atoms with E-state index in [-0.39, 0.29) is 34.4 Å². The van der Waals surface area contributed by atoms with Crippen molar-refractivity contribution >= 4 is 11.6 Å². The standard InChI is InChI=1S/C21H28O5.H2O/c1-19-7-5-13(23)9-12(19)3-4-14-15-6-8-21(26,17(25)11-22)20(15,2)10-16(24)18(14)19;/h5,7,9,14-16,18,22,24,26H,3-4,6,8,10-11H2,1-2H3;1H2/t14-,15-,16-,18+,19-,20-,21-;/m0./s1. The Morgan fingerprint density at radius 3 is 2.67 bits per heavy atom. The summed E-state index contributed by atoms with van der Waals surface area (Å²) in [6.45, 7) is 3.34. The van der Waals surface area contributed by atoms with Gasteiger partial charge in [0.05, 0.1) is 6.10 Å².